The van der Waals surface area contributed by atoms with Crippen molar-refractivity contribution < 1.29 is 23.4 Å². The molecule has 0 saturated carbocycles. The standard InChI is InChI=1S/C30H28F2N2O3/c1-18-13-14-25(28(32)27(18)30(35)36)34-17-21(37-26-12-6-11-24(31)29(26)34)15-16-33-19(2)22-10-5-8-20-7-3-4-9-23(20)22/h3-14,19,21,33H,15-17H2,1-2H3,(H,35,36)/t19-,21?/m1/s1. The molecular weight excluding hydrogens is 474 g/mol. The highest BCUT2D eigenvalue weighted by Gasteiger charge is 2.32. The molecule has 5 nitrogen and oxygen atoms in total. The molecule has 0 bridgehead atoms. The summed E-state index contributed by atoms with van der Waals surface area (Å²) < 4.78 is 36.4. The van der Waals surface area contributed by atoms with Crippen molar-refractivity contribution in [3.05, 3.63) is 101 Å². The SMILES string of the molecule is Cc1ccc(N2CC(CCN[C@H](C)c3cccc4ccccc34)Oc3cccc(F)c32)c(F)c1C(=O)O. The van der Waals surface area contributed by atoms with Crippen molar-refractivity contribution in [2.45, 2.75) is 32.4 Å². The minimum absolute atomic E-state index is 0.0136. The largest absolute Gasteiger partial charge is 0.486 e. The lowest BCUT2D eigenvalue weighted by Gasteiger charge is -2.37. The van der Waals surface area contributed by atoms with Gasteiger partial charge in [0.25, 0.3) is 0 Å². The molecule has 2 N–H and O–H groups in total. The van der Waals surface area contributed by atoms with Crippen LogP contribution >= 0.6 is 0 Å². The lowest BCUT2D eigenvalue weighted by Crippen LogP contribution is -2.40. The topological polar surface area (TPSA) is 61.8 Å². The van der Waals surface area contributed by atoms with Crippen LogP contribution in [0.25, 0.3) is 10.8 Å². The van der Waals surface area contributed by atoms with Gasteiger partial charge in [-0.1, -0.05) is 54.6 Å². The number of benzene rings is 4. The number of fused-ring (bicyclic) bond motifs is 2. The van der Waals surface area contributed by atoms with Crippen molar-refractivity contribution >= 4 is 28.1 Å². The Labute approximate surface area is 214 Å². The van der Waals surface area contributed by atoms with Crippen molar-refractivity contribution in [2.24, 2.45) is 0 Å². The van der Waals surface area contributed by atoms with E-state index in [1.54, 1.807) is 18.2 Å². The van der Waals surface area contributed by atoms with Gasteiger partial charge in [0.2, 0.25) is 0 Å². The molecular formula is C30H28F2N2O3. The van der Waals surface area contributed by atoms with E-state index in [0.29, 0.717) is 24.3 Å². The number of halogens is 2. The molecule has 37 heavy (non-hydrogen) atoms. The summed E-state index contributed by atoms with van der Waals surface area (Å²) in [5.41, 5.74) is 1.21. The Kier molecular flexibility index (Phi) is 6.80. The molecule has 0 aliphatic carbocycles. The monoisotopic (exact) mass is 502 g/mol. The summed E-state index contributed by atoms with van der Waals surface area (Å²) in [7, 11) is 0. The van der Waals surface area contributed by atoms with Gasteiger partial charge in [-0.25, -0.2) is 13.6 Å². The minimum Gasteiger partial charge on any atom is -0.486 e. The van der Waals surface area contributed by atoms with Gasteiger partial charge in [0.1, 0.15) is 23.1 Å². The molecule has 0 aromatic heterocycles. The average Bonchev–Trinajstić information content (AvgIpc) is 2.88. The molecule has 0 fully saturated rings. The van der Waals surface area contributed by atoms with Crippen molar-refractivity contribution in [1.82, 2.24) is 5.32 Å². The van der Waals surface area contributed by atoms with Crippen molar-refractivity contribution in [1.29, 1.82) is 0 Å². The van der Waals surface area contributed by atoms with Crippen LogP contribution in [0.4, 0.5) is 20.2 Å². The van der Waals surface area contributed by atoms with E-state index in [1.807, 2.05) is 18.2 Å². The second kappa shape index (κ2) is 10.2. The second-order valence-corrected chi connectivity index (χ2v) is 9.37. The highest BCUT2D eigenvalue weighted by atomic mass is 19.1. The second-order valence-electron chi connectivity index (χ2n) is 9.37. The highest BCUT2D eigenvalue weighted by Crippen LogP contribution is 2.42. The predicted molar refractivity (Wildman–Crippen MR) is 141 cm³/mol. The van der Waals surface area contributed by atoms with E-state index in [0.717, 1.165) is 0 Å². The van der Waals surface area contributed by atoms with E-state index in [4.69, 9.17) is 4.74 Å². The Morgan fingerprint density at radius 3 is 2.65 bits per heavy atom. The number of carboxylic acid groups (broad SMARTS) is 1. The first-order chi connectivity index (χ1) is 17.8. The molecule has 7 heteroatoms. The van der Waals surface area contributed by atoms with Gasteiger partial charge in [-0.15, -0.1) is 0 Å². The molecule has 1 unspecified atom stereocenters. The zero-order valence-corrected chi connectivity index (χ0v) is 20.7. The molecule has 0 amide bonds. The van der Waals surface area contributed by atoms with Gasteiger partial charge in [0.15, 0.2) is 11.6 Å². The maximum Gasteiger partial charge on any atom is 0.339 e. The maximum absolute atomic E-state index is 15.4. The first-order valence-corrected chi connectivity index (χ1v) is 12.3. The number of rotatable bonds is 7. The lowest BCUT2D eigenvalue weighted by molar-refractivity contribution is 0.0691. The molecule has 0 radical (unpaired) electrons. The number of carbonyl (C=O) groups is 1. The molecule has 190 valence electrons. The summed E-state index contributed by atoms with van der Waals surface area (Å²) in [5.74, 6) is -2.50. The third-order valence-electron chi connectivity index (χ3n) is 6.94. The first kappa shape index (κ1) is 24.7. The number of aryl methyl sites for hydroxylation is 1. The third-order valence-corrected chi connectivity index (χ3v) is 6.94. The summed E-state index contributed by atoms with van der Waals surface area (Å²) in [5, 5.41) is 15.5. The van der Waals surface area contributed by atoms with Gasteiger partial charge in [0, 0.05) is 6.04 Å². The maximum atomic E-state index is 15.4. The van der Waals surface area contributed by atoms with Gasteiger partial charge >= 0.3 is 5.97 Å². The van der Waals surface area contributed by atoms with Crippen LogP contribution in [-0.4, -0.2) is 30.3 Å². The van der Waals surface area contributed by atoms with Crippen LogP contribution in [0.15, 0.2) is 72.8 Å². The van der Waals surface area contributed by atoms with Crippen LogP contribution < -0.4 is 15.0 Å². The summed E-state index contributed by atoms with van der Waals surface area (Å²) in [6.07, 6.45) is 0.219. The number of hydrogen-bond acceptors (Lipinski definition) is 4. The smallest absolute Gasteiger partial charge is 0.339 e. The van der Waals surface area contributed by atoms with Crippen LogP contribution in [0.3, 0.4) is 0 Å². The van der Waals surface area contributed by atoms with Crippen molar-refractivity contribution in [3.63, 3.8) is 0 Å². The molecule has 2 atom stereocenters. The summed E-state index contributed by atoms with van der Waals surface area (Å²) in [4.78, 5) is 13.2. The van der Waals surface area contributed by atoms with Gasteiger partial charge in [-0.05, 0) is 66.9 Å². The van der Waals surface area contributed by atoms with Gasteiger partial charge < -0.3 is 20.1 Å². The molecule has 4 aromatic rings. The fourth-order valence-electron chi connectivity index (χ4n) is 5.06. The van der Waals surface area contributed by atoms with E-state index in [-0.39, 0.29) is 30.1 Å². The quantitative estimate of drug-likeness (QED) is 0.292. The van der Waals surface area contributed by atoms with Gasteiger partial charge in [-0.2, -0.15) is 0 Å². The van der Waals surface area contributed by atoms with E-state index in [1.165, 1.54) is 40.3 Å². The van der Waals surface area contributed by atoms with Gasteiger partial charge in [-0.3, -0.25) is 0 Å². The molecule has 1 aliphatic rings. The Hall–Kier alpha value is -3.97. The number of ether oxygens (including phenoxy) is 1. The molecule has 0 spiro atoms. The van der Waals surface area contributed by atoms with E-state index in [9.17, 15) is 14.3 Å². The Morgan fingerprint density at radius 2 is 1.84 bits per heavy atom. The average molecular weight is 503 g/mol. The van der Waals surface area contributed by atoms with Crippen LogP contribution in [0.2, 0.25) is 0 Å². The molecule has 0 saturated heterocycles. The summed E-state index contributed by atoms with van der Waals surface area (Å²) in [6, 6.07) is 22.1. The zero-order chi connectivity index (χ0) is 26.1. The van der Waals surface area contributed by atoms with E-state index < -0.39 is 23.2 Å². The fourth-order valence-corrected chi connectivity index (χ4v) is 5.06. The number of aromatic carboxylic acids is 1. The Bertz CT molecular complexity index is 1470. The Balaban J connectivity index is 1.37. The summed E-state index contributed by atoms with van der Waals surface area (Å²) in [6.45, 7) is 4.44. The van der Waals surface area contributed by atoms with Crippen molar-refractivity contribution in [3.8, 4) is 5.75 Å². The summed E-state index contributed by atoms with van der Waals surface area (Å²) >= 11 is 0. The first-order valence-electron chi connectivity index (χ1n) is 12.3. The highest BCUT2D eigenvalue weighted by molar-refractivity contribution is 5.92. The molecule has 1 heterocycles. The lowest BCUT2D eigenvalue weighted by atomic mass is 9.99. The van der Waals surface area contributed by atoms with E-state index >= 15 is 4.39 Å². The number of para-hydroxylation sites is 1. The van der Waals surface area contributed by atoms with E-state index in [2.05, 4.69) is 36.5 Å². The van der Waals surface area contributed by atoms with Crippen LogP contribution in [0.5, 0.6) is 5.75 Å². The predicted octanol–water partition coefficient (Wildman–Crippen LogP) is 6.76. The minimum atomic E-state index is -1.36. The number of anilines is 2. The number of nitrogens with zero attached hydrogens (tertiary/aromatic N) is 1. The number of carboxylic acids is 1. The van der Waals surface area contributed by atoms with Crippen LogP contribution in [0, 0.1) is 18.6 Å². The number of hydrogen-bond donors (Lipinski definition) is 2. The Morgan fingerprint density at radius 1 is 1.08 bits per heavy atom. The van der Waals surface area contributed by atoms with Crippen LogP contribution in [0.1, 0.15) is 40.9 Å². The normalized spacial score (nSPS) is 15.8. The zero-order valence-electron chi connectivity index (χ0n) is 20.7. The number of nitrogens with one attached hydrogen (secondary N) is 1. The molecule has 1 aliphatic heterocycles. The van der Waals surface area contributed by atoms with Crippen LogP contribution in [-0.2, 0) is 0 Å². The molecule has 5 rings (SSSR count). The molecule has 4 aromatic carbocycles. The van der Waals surface area contributed by atoms with Crippen molar-refractivity contribution in [2.75, 3.05) is 18.0 Å². The van der Waals surface area contributed by atoms with Gasteiger partial charge in [0.05, 0.1) is 12.2 Å². The fraction of sp³-hybridized carbons (Fsp3) is 0.233. The third kappa shape index (κ3) is 4.74.